The Hall–Kier alpha value is -1.90. The van der Waals surface area contributed by atoms with Gasteiger partial charge in [0.25, 0.3) is 0 Å². The maximum atomic E-state index is 11.9. The van der Waals surface area contributed by atoms with Gasteiger partial charge in [-0.3, -0.25) is 9.69 Å². The first-order valence-corrected chi connectivity index (χ1v) is 5.73. The Morgan fingerprint density at radius 1 is 1.18 bits per heavy atom. The van der Waals surface area contributed by atoms with Crippen molar-refractivity contribution < 1.29 is 4.79 Å². The van der Waals surface area contributed by atoms with Crippen molar-refractivity contribution in [3.05, 3.63) is 36.4 Å². The number of fused-ring (bicyclic) bond motifs is 1. The third-order valence-corrected chi connectivity index (χ3v) is 2.75. The van der Waals surface area contributed by atoms with Crippen LogP contribution >= 0.6 is 0 Å². The van der Waals surface area contributed by atoms with Crippen molar-refractivity contribution in [2.75, 3.05) is 11.9 Å². The molecule has 0 unspecified atom stereocenters. The summed E-state index contributed by atoms with van der Waals surface area (Å²) in [5, 5.41) is 1.08. The number of amides is 1. The Morgan fingerprint density at radius 3 is 2.59 bits per heavy atom. The lowest BCUT2D eigenvalue weighted by atomic mass is 10.2. The van der Waals surface area contributed by atoms with E-state index in [0.29, 0.717) is 5.82 Å². The molecule has 3 nitrogen and oxygen atoms in total. The summed E-state index contributed by atoms with van der Waals surface area (Å²) in [6.45, 7) is 3.78. The van der Waals surface area contributed by atoms with E-state index in [1.165, 1.54) is 0 Å². The van der Waals surface area contributed by atoms with Gasteiger partial charge in [-0.05, 0) is 18.2 Å². The summed E-state index contributed by atoms with van der Waals surface area (Å²) >= 11 is 0. The second-order valence-corrected chi connectivity index (χ2v) is 4.41. The highest BCUT2D eigenvalue weighted by molar-refractivity contribution is 5.94. The molecule has 0 spiro atoms. The highest BCUT2D eigenvalue weighted by Gasteiger charge is 2.15. The first-order chi connectivity index (χ1) is 8.09. The van der Waals surface area contributed by atoms with Gasteiger partial charge < -0.3 is 0 Å². The topological polar surface area (TPSA) is 33.2 Å². The molecule has 1 amide bonds. The molecule has 0 radical (unpaired) electrons. The average Bonchev–Trinajstić information content (AvgIpc) is 2.36. The largest absolute Gasteiger partial charge is 0.300 e. The first kappa shape index (κ1) is 11.6. The molecule has 2 aromatic rings. The molecule has 1 aromatic heterocycles. The number of carbonyl (C=O) groups is 1. The van der Waals surface area contributed by atoms with E-state index in [4.69, 9.17) is 0 Å². The smallest absolute Gasteiger partial charge is 0.230 e. The third-order valence-electron chi connectivity index (χ3n) is 2.75. The molecule has 0 N–H and O–H groups in total. The van der Waals surface area contributed by atoms with Gasteiger partial charge in [0, 0.05) is 18.4 Å². The summed E-state index contributed by atoms with van der Waals surface area (Å²) < 4.78 is 0. The quantitative estimate of drug-likeness (QED) is 0.791. The van der Waals surface area contributed by atoms with Gasteiger partial charge in [0.15, 0.2) is 0 Å². The van der Waals surface area contributed by atoms with Crippen LogP contribution in [0.25, 0.3) is 10.9 Å². The van der Waals surface area contributed by atoms with Crippen LogP contribution in [0.4, 0.5) is 5.82 Å². The Balaban J connectivity index is 2.39. The van der Waals surface area contributed by atoms with Crippen LogP contribution in [-0.4, -0.2) is 17.9 Å². The lowest BCUT2D eigenvalue weighted by molar-refractivity contribution is -0.121. The summed E-state index contributed by atoms with van der Waals surface area (Å²) in [5.41, 5.74) is 0.911. The molecule has 0 saturated heterocycles. The van der Waals surface area contributed by atoms with Crippen molar-refractivity contribution in [1.82, 2.24) is 4.98 Å². The van der Waals surface area contributed by atoms with Crippen molar-refractivity contribution in [2.24, 2.45) is 5.92 Å². The van der Waals surface area contributed by atoms with Crippen molar-refractivity contribution in [1.29, 1.82) is 0 Å². The highest BCUT2D eigenvalue weighted by atomic mass is 16.2. The second kappa shape index (κ2) is 4.53. The maximum Gasteiger partial charge on any atom is 0.230 e. The zero-order valence-electron chi connectivity index (χ0n) is 10.3. The van der Waals surface area contributed by atoms with E-state index in [1.807, 2.05) is 50.2 Å². The fourth-order valence-corrected chi connectivity index (χ4v) is 1.74. The summed E-state index contributed by atoms with van der Waals surface area (Å²) in [4.78, 5) is 18.0. The van der Waals surface area contributed by atoms with Crippen molar-refractivity contribution in [2.45, 2.75) is 13.8 Å². The molecule has 0 aliphatic carbocycles. The molecule has 88 valence electrons. The van der Waals surface area contributed by atoms with Gasteiger partial charge in [-0.15, -0.1) is 0 Å². The number of para-hydroxylation sites is 1. The first-order valence-electron chi connectivity index (χ1n) is 5.73. The molecule has 0 aliphatic rings. The summed E-state index contributed by atoms with van der Waals surface area (Å²) in [5.74, 6) is 0.753. The highest BCUT2D eigenvalue weighted by Crippen LogP contribution is 2.18. The van der Waals surface area contributed by atoms with Crippen molar-refractivity contribution in [3.63, 3.8) is 0 Å². The molecular weight excluding hydrogens is 212 g/mol. The van der Waals surface area contributed by atoms with Gasteiger partial charge in [-0.25, -0.2) is 4.98 Å². The van der Waals surface area contributed by atoms with E-state index in [-0.39, 0.29) is 11.8 Å². The Kier molecular flexibility index (Phi) is 3.09. The zero-order chi connectivity index (χ0) is 12.4. The number of anilines is 1. The molecule has 1 heterocycles. The van der Waals surface area contributed by atoms with Crippen LogP contribution in [0.1, 0.15) is 13.8 Å². The SMILES string of the molecule is CC(C)C(=O)N(C)c1ccc2ccccc2n1. The number of benzene rings is 1. The van der Waals surface area contributed by atoms with Gasteiger partial charge in [-0.1, -0.05) is 32.0 Å². The molecule has 3 heteroatoms. The van der Waals surface area contributed by atoms with Crippen LogP contribution in [0.2, 0.25) is 0 Å². The predicted molar refractivity (Wildman–Crippen MR) is 70.0 cm³/mol. The van der Waals surface area contributed by atoms with E-state index in [0.717, 1.165) is 10.9 Å². The lowest BCUT2D eigenvalue weighted by Gasteiger charge is -2.18. The minimum atomic E-state index is -0.0201. The van der Waals surface area contributed by atoms with E-state index < -0.39 is 0 Å². The fraction of sp³-hybridized carbons (Fsp3) is 0.286. The summed E-state index contributed by atoms with van der Waals surface area (Å²) in [6.07, 6.45) is 0. The summed E-state index contributed by atoms with van der Waals surface area (Å²) in [7, 11) is 1.76. The standard InChI is InChI=1S/C14H16N2O/c1-10(2)14(17)16(3)13-9-8-11-6-4-5-7-12(11)15-13/h4-10H,1-3H3. The van der Waals surface area contributed by atoms with E-state index in [9.17, 15) is 4.79 Å². The van der Waals surface area contributed by atoms with Gasteiger partial charge in [0.05, 0.1) is 5.52 Å². The van der Waals surface area contributed by atoms with E-state index in [1.54, 1.807) is 11.9 Å². The molecular formula is C14H16N2O. The third kappa shape index (κ3) is 2.28. The average molecular weight is 228 g/mol. The number of aromatic nitrogens is 1. The Morgan fingerprint density at radius 2 is 1.88 bits per heavy atom. The molecule has 0 fully saturated rings. The van der Waals surface area contributed by atoms with Crippen LogP contribution in [0.5, 0.6) is 0 Å². The van der Waals surface area contributed by atoms with Gasteiger partial charge in [-0.2, -0.15) is 0 Å². The number of nitrogens with zero attached hydrogens (tertiary/aromatic N) is 2. The summed E-state index contributed by atoms with van der Waals surface area (Å²) in [6, 6.07) is 11.8. The maximum absolute atomic E-state index is 11.9. The van der Waals surface area contributed by atoms with Gasteiger partial charge in [0.2, 0.25) is 5.91 Å². The normalized spacial score (nSPS) is 10.8. The predicted octanol–water partition coefficient (Wildman–Crippen LogP) is 2.85. The molecule has 17 heavy (non-hydrogen) atoms. The Labute approximate surface area is 101 Å². The molecule has 1 aromatic carbocycles. The van der Waals surface area contributed by atoms with Crippen LogP contribution in [0.3, 0.4) is 0 Å². The second-order valence-electron chi connectivity index (χ2n) is 4.41. The number of carbonyl (C=O) groups excluding carboxylic acids is 1. The van der Waals surface area contributed by atoms with Crippen LogP contribution in [0.15, 0.2) is 36.4 Å². The van der Waals surface area contributed by atoms with Crippen molar-refractivity contribution >= 4 is 22.6 Å². The Bertz CT molecular complexity index is 549. The number of pyridine rings is 1. The number of hydrogen-bond acceptors (Lipinski definition) is 2. The minimum Gasteiger partial charge on any atom is -0.300 e. The van der Waals surface area contributed by atoms with E-state index >= 15 is 0 Å². The van der Waals surface area contributed by atoms with Gasteiger partial charge >= 0.3 is 0 Å². The van der Waals surface area contributed by atoms with Crippen LogP contribution in [0, 0.1) is 5.92 Å². The molecule has 2 rings (SSSR count). The van der Waals surface area contributed by atoms with Gasteiger partial charge in [0.1, 0.15) is 5.82 Å². The number of hydrogen-bond donors (Lipinski definition) is 0. The monoisotopic (exact) mass is 228 g/mol. The molecule has 0 saturated carbocycles. The van der Waals surface area contributed by atoms with Crippen LogP contribution < -0.4 is 4.90 Å². The number of rotatable bonds is 2. The van der Waals surface area contributed by atoms with E-state index in [2.05, 4.69) is 4.98 Å². The zero-order valence-corrected chi connectivity index (χ0v) is 10.3. The minimum absolute atomic E-state index is 0.0201. The molecule has 0 aliphatic heterocycles. The lowest BCUT2D eigenvalue weighted by Crippen LogP contribution is -2.30. The van der Waals surface area contributed by atoms with Crippen molar-refractivity contribution in [3.8, 4) is 0 Å². The molecule has 0 bridgehead atoms. The fourth-order valence-electron chi connectivity index (χ4n) is 1.74. The van der Waals surface area contributed by atoms with Crippen LogP contribution in [-0.2, 0) is 4.79 Å². The molecule has 0 atom stereocenters.